The first-order valence-corrected chi connectivity index (χ1v) is 12.5. The Morgan fingerprint density at radius 1 is 0.973 bits per heavy atom. The fourth-order valence-corrected chi connectivity index (χ4v) is 4.98. The van der Waals surface area contributed by atoms with Crippen molar-refractivity contribution in [3.63, 3.8) is 0 Å². The van der Waals surface area contributed by atoms with Gasteiger partial charge >= 0.3 is 5.97 Å². The minimum Gasteiger partial charge on any atom is -0.491 e. The number of thiocarbonyl (C=S) groups is 1. The van der Waals surface area contributed by atoms with E-state index in [4.69, 9.17) is 21.7 Å². The molecule has 3 heterocycles. The summed E-state index contributed by atoms with van der Waals surface area (Å²) in [6, 6.07) is 25.0. The summed E-state index contributed by atoms with van der Waals surface area (Å²) in [5, 5.41) is 4.12. The average molecular weight is 513 g/mol. The largest absolute Gasteiger partial charge is 0.491 e. The van der Waals surface area contributed by atoms with Gasteiger partial charge in [0.15, 0.2) is 5.11 Å². The quantitative estimate of drug-likeness (QED) is 0.254. The molecule has 37 heavy (non-hydrogen) atoms. The smallest absolute Gasteiger partial charge is 0.337 e. The van der Waals surface area contributed by atoms with Crippen molar-refractivity contribution in [3.05, 3.63) is 108 Å². The van der Waals surface area contributed by atoms with E-state index in [2.05, 4.69) is 25.8 Å². The summed E-state index contributed by atoms with van der Waals surface area (Å²) in [4.78, 5) is 18.7. The second-order valence-corrected chi connectivity index (χ2v) is 9.39. The molecule has 0 radical (unpaired) electrons. The molecule has 0 saturated carbocycles. The fourth-order valence-electron chi connectivity index (χ4n) is 4.64. The molecule has 2 aromatic carbocycles. The van der Waals surface area contributed by atoms with Crippen molar-refractivity contribution >= 4 is 29.0 Å². The van der Waals surface area contributed by atoms with Gasteiger partial charge in [-0.25, -0.2) is 4.79 Å². The molecule has 0 amide bonds. The standard InChI is InChI=1S/C29H28N4O3S/c1-19(2)36-23-15-13-22(14-16-23)33-27(26(31-29(33)37)24-7-4-5-17-30-24)25-8-6-18-32(25)21-11-9-20(10-12-21)28(34)35-3/h4-19,26-27H,1-3H3,(H,31,37)/t26-,27-/m0/s1. The minimum atomic E-state index is -0.365. The molecule has 1 aliphatic rings. The Bertz CT molecular complexity index is 1380. The number of nitrogens with one attached hydrogen (secondary N) is 1. The summed E-state index contributed by atoms with van der Waals surface area (Å²) in [7, 11) is 1.38. The van der Waals surface area contributed by atoms with Gasteiger partial charge in [0.25, 0.3) is 0 Å². The highest BCUT2D eigenvalue weighted by Crippen LogP contribution is 2.42. The van der Waals surface area contributed by atoms with Crippen LogP contribution in [0.15, 0.2) is 91.3 Å². The molecule has 5 rings (SSSR count). The van der Waals surface area contributed by atoms with Crippen molar-refractivity contribution in [2.75, 3.05) is 12.0 Å². The number of aromatic nitrogens is 2. The molecular weight excluding hydrogens is 484 g/mol. The van der Waals surface area contributed by atoms with Crippen LogP contribution in [0, 0.1) is 0 Å². The van der Waals surface area contributed by atoms with Gasteiger partial charge in [-0.15, -0.1) is 0 Å². The highest BCUT2D eigenvalue weighted by Gasteiger charge is 2.42. The van der Waals surface area contributed by atoms with Crippen LogP contribution in [0.25, 0.3) is 5.69 Å². The summed E-state index contributed by atoms with van der Waals surface area (Å²) >= 11 is 5.87. The first kappa shape index (κ1) is 24.5. The van der Waals surface area contributed by atoms with Crippen LogP contribution in [-0.4, -0.2) is 33.8 Å². The van der Waals surface area contributed by atoms with Crippen LogP contribution in [0.1, 0.15) is 47.7 Å². The maximum absolute atomic E-state index is 11.9. The zero-order valence-corrected chi connectivity index (χ0v) is 21.7. The number of benzene rings is 2. The lowest BCUT2D eigenvalue weighted by Crippen LogP contribution is -2.30. The molecule has 4 aromatic rings. The van der Waals surface area contributed by atoms with E-state index in [9.17, 15) is 4.79 Å². The van der Waals surface area contributed by atoms with Crippen LogP contribution in [0.5, 0.6) is 5.75 Å². The van der Waals surface area contributed by atoms with Crippen LogP contribution in [0.4, 0.5) is 5.69 Å². The summed E-state index contributed by atoms with van der Waals surface area (Å²) in [6.45, 7) is 4.01. The first-order chi connectivity index (χ1) is 18.0. The molecule has 2 atom stereocenters. The van der Waals surface area contributed by atoms with E-state index < -0.39 is 0 Å². The number of nitrogens with zero attached hydrogens (tertiary/aromatic N) is 3. The van der Waals surface area contributed by atoms with E-state index >= 15 is 0 Å². The molecule has 1 aliphatic heterocycles. The molecule has 8 heteroatoms. The Morgan fingerprint density at radius 3 is 2.35 bits per heavy atom. The molecule has 2 aromatic heterocycles. The number of hydrogen-bond acceptors (Lipinski definition) is 5. The van der Waals surface area contributed by atoms with Crippen LogP contribution in [0.2, 0.25) is 0 Å². The van der Waals surface area contributed by atoms with Crippen LogP contribution >= 0.6 is 12.2 Å². The van der Waals surface area contributed by atoms with Crippen LogP contribution in [0.3, 0.4) is 0 Å². The summed E-state index contributed by atoms with van der Waals surface area (Å²) in [5.74, 6) is 0.444. The van der Waals surface area contributed by atoms with Crippen LogP contribution in [-0.2, 0) is 4.74 Å². The Hall–Kier alpha value is -4.17. The molecule has 1 N–H and O–H groups in total. The topological polar surface area (TPSA) is 68.6 Å². The lowest BCUT2D eigenvalue weighted by molar-refractivity contribution is 0.0600. The van der Waals surface area contributed by atoms with Crippen molar-refractivity contribution in [2.24, 2.45) is 0 Å². The van der Waals surface area contributed by atoms with Gasteiger partial charge < -0.3 is 24.3 Å². The Kier molecular flexibility index (Phi) is 6.92. The van der Waals surface area contributed by atoms with E-state index in [-0.39, 0.29) is 24.2 Å². The molecule has 1 fully saturated rings. The van der Waals surface area contributed by atoms with Gasteiger partial charge in [-0.3, -0.25) is 4.98 Å². The Labute approximate surface area is 221 Å². The normalized spacial score (nSPS) is 17.1. The zero-order valence-electron chi connectivity index (χ0n) is 20.9. The molecule has 0 unspecified atom stereocenters. The number of hydrogen-bond donors (Lipinski definition) is 1. The Morgan fingerprint density at radius 2 is 1.70 bits per heavy atom. The van der Waals surface area contributed by atoms with Crippen molar-refractivity contribution in [3.8, 4) is 11.4 Å². The molecule has 7 nitrogen and oxygen atoms in total. The van der Waals surface area contributed by atoms with Crippen LogP contribution < -0.4 is 15.0 Å². The number of ether oxygens (including phenoxy) is 2. The average Bonchev–Trinajstić information content (AvgIpc) is 3.53. The second kappa shape index (κ2) is 10.4. The number of carbonyl (C=O) groups is 1. The van der Waals surface area contributed by atoms with Gasteiger partial charge in [0.05, 0.1) is 30.5 Å². The third-order valence-corrected chi connectivity index (χ3v) is 6.55. The lowest BCUT2D eigenvalue weighted by atomic mass is 10.0. The molecular formula is C29H28N4O3S. The molecule has 0 spiro atoms. The summed E-state index contributed by atoms with van der Waals surface area (Å²) in [5.41, 5.74) is 4.29. The predicted molar refractivity (Wildman–Crippen MR) is 147 cm³/mol. The number of rotatable bonds is 7. The number of methoxy groups -OCH3 is 1. The van der Waals surface area contributed by atoms with E-state index in [1.165, 1.54) is 7.11 Å². The van der Waals surface area contributed by atoms with Gasteiger partial charge in [-0.05, 0) is 98.9 Å². The second-order valence-electron chi connectivity index (χ2n) is 9.00. The molecule has 188 valence electrons. The van der Waals surface area contributed by atoms with Gasteiger partial charge in [0.1, 0.15) is 11.8 Å². The minimum absolute atomic E-state index is 0.0931. The number of carbonyl (C=O) groups excluding carboxylic acids is 1. The van der Waals surface area contributed by atoms with Crippen molar-refractivity contribution in [2.45, 2.75) is 32.0 Å². The molecule has 0 bridgehead atoms. The number of pyridine rings is 1. The summed E-state index contributed by atoms with van der Waals surface area (Å²) in [6.07, 6.45) is 3.90. The fraction of sp³-hybridized carbons (Fsp3) is 0.207. The van der Waals surface area contributed by atoms with E-state index in [1.807, 2.05) is 80.7 Å². The maximum atomic E-state index is 11.9. The monoisotopic (exact) mass is 512 g/mol. The van der Waals surface area contributed by atoms with E-state index in [1.54, 1.807) is 18.3 Å². The SMILES string of the molecule is COC(=O)c1ccc(-n2cccc2[C@H]2[C@H](c3ccccn3)NC(=S)N2c2ccc(OC(C)C)cc2)cc1. The van der Waals surface area contributed by atoms with Gasteiger partial charge in [0, 0.05) is 29.5 Å². The number of esters is 1. The van der Waals surface area contributed by atoms with Gasteiger partial charge in [0.2, 0.25) is 0 Å². The van der Waals surface area contributed by atoms with E-state index in [0.717, 1.165) is 28.5 Å². The third kappa shape index (κ3) is 4.93. The predicted octanol–water partition coefficient (Wildman–Crippen LogP) is 5.62. The zero-order chi connectivity index (χ0) is 25.9. The third-order valence-electron chi connectivity index (χ3n) is 6.23. The maximum Gasteiger partial charge on any atom is 0.337 e. The molecule has 1 saturated heterocycles. The highest BCUT2D eigenvalue weighted by atomic mass is 32.1. The Balaban J connectivity index is 1.57. The first-order valence-electron chi connectivity index (χ1n) is 12.1. The van der Waals surface area contributed by atoms with Crippen molar-refractivity contribution in [1.29, 1.82) is 0 Å². The van der Waals surface area contributed by atoms with Crippen molar-refractivity contribution < 1.29 is 14.3 Å². The molecule has 0 aliphatic carbocycles. The van der Waals surface area contributed by atoms with E-state index in [0.29, 0.717) is 10.7 Å². The lowest BCUT2D eigenvalue weighted by Gasteiger charge is -2.29. The van der Waals surface area contributed by atoms with Gasteiger partial charge in [-0.1, -0.05) is 6.07 Å². The van der Waals surface area contributed by atoms with Gasteiger partial charge in [-0.2, -0.15) is 0 Å². The number of anilines is 1. The van der Waals surface area contributed by atoms with Crippen molar-refractivity contribution in [1.82, 2.24) is 14.9 Å². The summed E-state index contributed by atoms with van der Waals surface area (Å²) < 4.78 is 12.8. The highest BCUT2D eigenvalue weighted by molar-refractivity contribution is 7.80.